The highest BCUT2D eigenvalue weighted by Gasteiger charge is 2.22. The Morgan fingerprint density at radius 1 is 1.32 bits per heavy atom. The molecule has 6 nitrogen and oxygen atoms in total. The molecule has 1 heterocycles. The van der Waals surface area contributed by atoms with Crippen LogP contribution in [0.4, 0.5) is 4.79 Å². The Hall–Kier alpha value is -1.85. The minimum absolute atomic E-state index is 0.188. The first-order valence-electron chi connectivity index (χ1n) is 6.29. The Balaban J connectivity index is 2.76. The molecule has 0 bridgehead atoms. The third-order valence-electron chi connectivity index (χ3n) is 2.63. The lowest BCUT2D eigenvalue weighted by Gasteiger charge is -2.08. The Bertz CT molecular complexity index is 477. The number of esters is 1. The minimum Gasteiger partial charge on any atom is -0.434 e. The molecule has 106 valence electrons. The molecule has 19 heavy (non-hydrogen) atoms. The van der Waals surface area contributed by atoms with Gasteiger partial charge in [0.1, 0.15) is 5.69 Å². The summed E-state index contributed by atoms with van der Waals surface area (Å²) in [6.45, 7) is 9.97. The van der Waals surface area contributed by atoms with Gasteiger partial charge in [-0.1, -0.05) is 13.8 Å². The van der Waals surface area contributed by atoms with Crippen molar-refractivity contribution < 1.29 is 19.1 Å². The van der Waals surface area contributed by atoms with Crippen LogP contribution < -0.4 is 0 Å². The highest BCUT2D eigenvalue weighted by atomic mass is 16.7. The van der Waals surface area contributed by atoms with Gasteiger partial charge in [-0.15, -0.1) is 0 Å². The number of carbonyl (C=O) groups excluding carboxylic acids is 2. The van der Waals surface area contributed by atoms with E-state index in [4.69, 9.17) is 4.74 Å². The third kappa shape index (κ3) is 3.81. The molecule has 0 aliphatic rings. The monoisotopic (exact) mass is 268 g/mol. The topological polar surface area (TPSA) is 70.4 Å². The molecule has 0 aliphatic heterocycles. The van der Waals surface area contributed by atoms with E-state index < -0.39 is 12.1 Å². The third-order valence-corrected chi connectivity index (χ3v) is 2.63. The maximum absolute atomic E-state index is 11.9. The van der Waals surface area contributed by atoms with Gasteiger partial charge in [0.2, 0.25) is 0 Å². The Labute approximate surface area is 112 Å². The summed E-state index contributed by atoms with van der Waals surface area (Å²) in [6, 6.07) is 0. The van der Waals surface area contributed by atoms with E-state index in [1.54, 1.807) is 13.8 Å². The molecular formula is C13H20N2O4. The zero-order chi connectivity index (χ0) is 14.6. The van der Waals surface area contributed by atoms with Crippen molar-refractivity contribution in [2.45, 2.75) is 41.2 Å². The number of rotatable bonds is 4. The molecule has 0 atom stereocenters. The Morgan fingerprint density at radius 3 is 2.47 bits per heavy atom. The van der Waals surface area contributed by atoms with Gasteiger partial charge in [0.15, 0.2) is 0 Å². The van der Waals surface area contributed by atoms with E-state index in [0.29, 0.717) is 17.8 Å². The first-order chi connectivity index (χ1) is 8.86. The number of nitrogens with zero attached hydrogens (tertiary/aromatic N) is 2. The van der Waals surface area contributed by atoms with Crippen molar-refractivity contribution in [3.8, 4) is 0 Å². The van der Waals surface area contributed by atoms with Crippen LogP contribution in [0.15, 0.2) is 0 Å². The Morgan fingerprint density at radius 2 is 1.95 bits per heavy atom. The molecule has 0 N–H and O–H groups in total. The normalized spacial score (nSPS) is 10.6. The quantitative estimate of drug-likeness (QED) is 0.619. The summed E-state index contributed by atoms with van der Waals surface area (Å²) < 4.78 is 11.0. The summed E-state index contributed by atoms with van der Waals surface area (Å²) in [5.41, 5.74) is 1.74. The van der Waals surface area contributed by atoms with Gasteiger partial charge in [0.05, 0.1) is 12.3 Å². The molecule has 1 rings (SSSR count). The lowest BCUT2D eigenvalue weighted by Crippen LogP contribution is -2.19. The molecule has 1 aromatic heterocycles. The van der Waals surface area contributed by atoms with E-state index in [9.17, 15) is 9.59 Å². The highest BCUT2D eigenvalue weighted by molar-refractivity contribution is 5.95. The average Bonchev–Trinajstić information content (AvgIpc) is 2.62. The van der Waals surface area contributed by atoms with E-state index in [1.807, 2.05) is 20.8 Å². The van der Waals surface area contributed by atoms with Crippen molar-refractivity contribution in [1.82, 2.24) is 9.78 Å². The van der Waals surface area contributed by atoms with Crippen molar-refractivity contribution in [2.24, 2.45) is 5.92 Å². The maximum atomic E-state index is 11.9. The molecule has 0 saturated carbocycles. The molecule has 6 heteroatoms. The molecule has 0 spiro atoms. The number of ether oxygens (including phenoxy) is 2. The van der Waals surface area contributed by atoms with Crippen LogP contribution in [0, 0.1) is 19.8 Å². The van der Waals surface area contributed by atoms with Crippen LogP contribution in [0.1, 0.15) is 42.5 Å². The lowest BCUT2D eigenvalue weighted by molar-refractivity contribution is 0.0340. The zero-order valence-corrected chi connectivity index (χ0v) is 12.0. The van der Waals surface area contributed by atoms with Crippen molar-refractivity contribution >= 4 is 12.1 Å². The van der Waals surface area contributed by atoms with Gasteiger partial charge in [-0.05, 0) is 26.7 Å². The van der Waals surface area contributed by atoms with Crippen LogP contribution in [-0.4, -0.2) is 28.5 Å². The summed E-state index contributed by atoms with van der Waals surface area (Å²) in [4.78, 5) is 23.3. The van der Waals surface area contributed by atoms with E-state index in [0.717, 1.165) is 5.69 Å². The smallest absolute Gasteiger partial charge is 0.434 e. The molecule has 0 aromatic carbocycles. The van der Waals surface area contributed by atoms with Gasteiger partial charge >= 0.3 is 12.1 Å². The van der Waals surface area contributed by atoms with Crippen LogP contribution >= 0.6 is 0 Å². The zero-order valence-electron chi connectivity index (χ0n) is 12.0. The summed E-state index contributed by atoms with van der Waals surface area (Å²) in [5, 5.41) is 4.19. The second-order valence-corrected chi connectivity index (χ2v) is 4.72. The molecule has 0 fully saturated rings. The fraction of sp³-hybridized carbons (Fsp3) is 0.615. The fourth-order valence-corrected chi connectivity index (χ4v) is 1.55. The fourth-order valence-electron chi connectivity index (χ4n) is 1.55. The average molecular weight is 268 g/mol. The van der Waals surface area contributed by atoms with Crippen molar-refractivity contribution in [1.29, 1.82) is 0 Å². The SMILES string of the molecule is CCn1nc(C)c(C)c1C(=O)OC(=O)OCC(C)C. The maximum Gasteiger partial charge on any atom is 0.516 e. The van der Waals surface area contributed by atoms with E-state index >= 15 is 0 Å². The minimum atomic E-state index is -0.973. The second-order valence-electron chi connectivity index (χ2n) is 4.72. The first-order valence-corrected chi connectivity index (χ1v) is 6.29. The summed E-state index contributed by atoms with van der Waals surface area (Å²) in [7, 11) is 0. The molecule has 0 saturated heterocycles. The molecule has 0 aliphatic carbocycles. The van der Waals surface area contributed by atoms with Gasteiger partial charge in [0, 0.05) is 12.1 Å². The van der Waals surface area contributed by atoms with Gasteiger partial charge in [0.25, 0.3) is 0 Å². The number of aryl methyl sites for hydroxylation is 2. The Kier molecular flexibility index (Phi) is 5.09. The van der Waals surface area contributed by atoms with Crippen LogP contribution in [0.2, 0.25) is 0 Å². The summed E-state index contributed by atoms with van der Waals surface area (Å²) in [5.74, 6) is -0.540. The summed E-state index contributed by atoms with van der Waals surface area (Å²) in [6.07, 6.45) is -0.973. The van der Waals surface area contributed by atoms with E-state index in [-0.39, 0.29) is 12.5 Å². The first kappa shape index (κ1) is 15.2. The second kappa shape index (κ2) is 6.36. The molecule has 0 unspecified atom stereocenters. The van der Waals surface area contributed by atoms with Gasteiger partial charge in [-0.3, -0.25) is 4.68 Å². The van der Waals surface area contributed by atoms with Crippen molar-refractivity contribution in [3.05, 3.63) is 17.0 Å². The van der Waals surface area contributed by atoms with Crippen LogP contribution in [0.5, 0.6) is 0 Å². The van der Waals surface area contributed by atoms with Crippen LogP contribution in [-0.2, 0) is 16.0 Å². The van der Waals surface area contributed by atoms with Crippen LogP contribution in [0.3, 0.4) is 0 Å². The summed E-state index contributed by atoms with van der Waals surface area (Å²) >= 11 is 0. The standard InChI is InChI=1S/C13H20N2O4/c1-6-15-11(9(4)10(5)14-15)12(16)19-13(17)18-7-8(2)3/h8H,6-7H2,1-5H3. The van der Waals surface area contributed by atoms with Crippen LogP contribution in [0.25, 0.3) is 0 Å². The predicted molar refractivity (Wildman–Crippen MR) is 69.0 cm³/mol. The van der Waals surface area contributed by atoms with Gasteiger partial charge < -0.3 is 9.47 Å². The number of carbonyl (C=O) groups is 2. The predicted octanol–water partition coefficient (Wildman–Crippen LogP) is 2.47. The van der Waals surface area contributed by atoms with Crippen molar-refractivity contribution in [3.63, 3.8) is 0 Å². The molecular weight excluding hydrogens is 248 g/mol. The number of hydrogen-bond donors (Lipinski definition) is 0. The van der Waals surface area contributed by atoms with Gasteiger partial charge in [-0.2, -0.15) is 5.10 Å². The van der Waals surface area contributed by atoms with Gasteiger partial charge in [-0.25, -0.2) is 9.59 Å². The van der Waals surface area contributed by atoms with E-state index in [2.05, 4.69) is 9.84 Å². The molecule has 1 aromatic rings. The number of aromatic nitrogens is 2. The van der Waals surface area contributed by atoms with Crippen molar-refractivity contribution in [2.75, 3.05) is 6.61 Å². The molecule has 0 radical (unpaired) electrons. The molecule has 0 amide bonds. The lowest BCUT2D eigenvalue weighted by atomic mass is 10.2. The highest BCUT2D eigenvalue weighted by Crippen LogP contribution is 2.14. The largest absolute Gasteiger partial charge is 0.516 e. The van der Waals surface area contributed by atoms with E-state index in [1.165, 1.54) is 4.68 Å². The number of hydrogen-bond acceptors (Lipinski definition) is 5.